The summed E-state index contributed by atoms with van der Waals surface area (Å²) in [5.74, 6) is 0.550. The molecule has 3 aromatic carbocycles. The zero-order valence-corrected chi connectivity index (χ0v) is 21.0. The first-order valence-electron chi connectivity index (χ1n) is 11.6. The van der Waals surface area contributed by atoms with Crippen LogP contribution in [0.5, 0.6) is 11.5 Å². The van der Waals surface area contributed by atoms with Crippen molar-refractivity contribution in [2.24, 2.45) is 0 Å². The topological polar surface area (TPSA) is 104 Å². The van der Waals surface area contributed by atoms with Crippen LogP contribution in [-0.2, 0) is 9.53 Å². The van der Waals surface area contributed by atoms with Crippen molar-refractivity contribution in [3.8, 4) is 23.0 Å². The number of amides is 2. The van der Waals surface area contributed by atoms with E-state index in [0.29, 0.717) is 17.1 Å². The van der Waals surface area contributed by atoms with Gasteiger partial charge in [0.2, 0.25) is 5.89 Å². The van der Waals surface area contributed by atoms with E-state index in [-0.39, 0.29) is 11.8 Å². The Bertz CT molecular complexity index is 1330. The minimum Gasteiger partial charge on any atom is -0.497 e. The smallest absolute Gasteiger partial charge is 0.418 e. The van der Waals surface area contributed by atoms with E-state index >= 15 is 0 Å². The highest BCUT2D eigenvalue weighted by atomic mass is 16.6. The molecule has 190 valence electrons. The molecule has 1 saturated heterocycles. The summed E-state index contributed by atoms with van der Waals surface area (Å²) < 4.78 is 21.4. The Morgan fingerprint density at radius 2 is 1.46 bits per heavy atom. The summed E-state index contributed by atoms with van der Waals surface area (Å²) in [7, 11) is 3.05. The summed E-state index contributed by atoms with van der Waals surface area (Å²) in [5.41, 5.74) is 2.66. The molecular weight excluding hydrogens is 474 g/mol. The van der Waals surface area contributed by atoms with Crippen LogP contribution in [0.15, 0.2) is 83.3 Å². The number of nitrogens with zero attached hydrogens (tertiary/aromatic N) is 3. The molecule has 0 saturated carbocycles. The lowest BCUT2D eigenvalue weighted by Crippen LogP contribution is -2.32. The largest absolute Gasteiger partial charge is 0.497 e. The van der Waals surface area contributed by atoms with Crippen LogP contribution in [-0.4, -0.2) is 41.3 Å². The predicted octanol–water partition coefficient (Wildman–Crippen LogP) is 5.53. The number of methoxy groups -OCH3 is 2. The molecule has 9 nitrogen and oxygen atoms in total. The Kier molecular flexibility index (Phi) is 7.83. The molecule has 1 aliphatic heterocycles. The van der Waals surface area contributed by atoms with Crippen LogP contribution < -0.4 is 9.47 Å². The van der Waals surface area contributed by atoms with Crippen molar-refractivity contribution in [1.29, 1.82) is 0 Å². The molecule has 37 heavy (non-hydrogen) atoms. The predicted molar refractivity (Wildman–Crippen MR) is 135 cm³/mol. The number of aryl methyl sites for hydroxylation is 1. The number of rotatable bonds is 6. The van der Waals surface area contributed by atoms with Crippen LogP contribution in [0.1, 0.15) is 36.1 Å². The van der Waals surface area contributed by atoms with E-state index in [4.69, 9.17) is 18.6 Å². The molecule has 5 rings (SSSR count). The zero-order valence-electron chi connectivity index (χ0n) is 21.0. The van der Waals surface area contributed by atoms with Gasteiger partial charge in [-0.05, 0) is 31.5 Å². The SMILES string of the molecule is COc1cc(OC)cc(-c2nnc(C3OC(=O)N(C(C)c4ccccc4)C3=O)o2)c1.Cc1ccccc1. The third kappa shape index (κ3) is 5.78. The third-order valence-electron chi connectivity index (χ3n) is 5.75. The van der Waals surface area contributed by atoms with Crippen LogP contribution in [0, 0.1) is 6.92 Å². The summed E-state index contributed by atoms with van der Waals surface area (Å²) in [6.07, 6.45) is -2.05. The number of carbonyl (C=O) groups is 2. The van der Waals surface area contributed by atoms with Crippen LogP contribution in [0.4, 0.5) is 4.79 Å². The number of ether oxygens (including phenoxy) is 3. The van der Waals surface area contributed by atoms with Gasteiger partial charge in [-0.3, -0.25) is 4.79 Å². The van der Waals surface area contributed by atoms with Crippen molar-refractivity contribution >= 4 is 12.0 Å². The van der Waals surface area contributed by atoms with Gasteiger partial charge in [-0.25, -0.2) is 9.69 Å². The molecule has 1 aliphatic rings. The average Bonchev–Trinajstić information content (AvgIpc) is 3.53. The van der Waals surface area contributed by atoms with Gasteiger partial charge in [0.1, 0.15) is 11.5 Å². The highest BCUT2D eigenvalue weighted by Gasteiger charge is 2.47. The summed E-state index contributed by atoms with van der Waals surface area (Å²) in [6.45, 7) is 3.83. The molecule has 2 unspecified atom stereocenters. The first-order chi connectivity index (χ1) is 17.9. The summed E-state index contributed by atoms with van der Waals surface area (Å²) in [5, 5.41) is 7.89. The van der Waals surface area contributed by atoms with Crippen molar-refractivity contribution in [1.82, 2.24) is 15.1 Å². The number of hydrogen-bond acceptors (Lipinski definition) is 8. The molecule has 9 heteroatoms. The molecule has 0 spiro atoms. The zero-order chi connectivity index (χ0) is 26.4. The van der Waals surface area contributed by atoms with Gasteiger partial charge in [0.25, 0.3) is 17.9 Å². The lowest BCUT2D eigenvalue weighted by Gasteiger charge is -2.20. The van der Waals surface area contributed by atoms with Crippen molar-refractivity contribution in [2.45, 2.75) is 26.0 Å². The molecule has 2 heterocycles. The number of benzene rings is 3. The van der Waals surface area contributed by atoms with Gasteiger partial charge < -0.3 is 18.6 Å². The minimum absolute atomic E-state index is 0.104. The van der Waals surface area contributed by atoms with Crippen molar-refractivity contribution < 1.29 is 28.2 Å². The highest BCUT2D eigenvalue weighted by Crippen LogP contribution is 2.35. The van der Waals surface area contributed by atoms with Crippen LogP contribution in [0.25, 0.3) is 11.5 Å². The summed E-state index contributed by atoms with van der Waals surface area (Å²) in [4.78, 5) is 26.3. The quantitative estimate of drug-likeness (QED) is 0.340. The van der Waals surface area contributed by atoms with E-state index in [1.807, 2.05) is 48.5 Å². The second-order valence-electron chi connectivity index (χ2n) is 8.26. The summed E-state index contributed by atoms with van der Waals surface area (Å²) in [6, 6.07) is 24.0. The third-order valence-corrected chi connectivity index (χ3v) is 5.75. The molecule has 0 N–H and O–H groups in total. The number of aromatic nitrogens is 2. The van der Waals surface area contributed by atoms with Crippen molar-refractivity contribution in [3.05, 3.63) is 95.9 Å². The number of carbonyl (C=O) groups excluding carboxylic acids is 2. The van der Waals surface area contributed by atoms with Crippen molar-refractivity contribution in [3.63, 3.8) is 0 Å². The number of imide groups is 1. The van der Waals surface area contributed by atoms with Gasteiger partial charge in [-0.1, -0.05) is 66.2 Å². The fraction of sp³-hybridized carbons (Fsp3) is 0.214. The Morgan fingerprint density at radius 1 is 0.865 bits per heavy atom. The van der Waals surface area contributed by atoms with E-state index in [0.717, 1.165) is 10.5 Å². The molecule has 0 aliphatic carbocycles. The average molecular weight is 502 g/mol. The van der Waals surface area contributed by atoms with E-state index in [9.17, 15) is 9.59 Å². The second kappa shape index (κ2) is 11.4. The normalized spacial score (nSPS) is 15.5. The maximum atomic E-state index is 12.9. The fourth-order valence-electron chi connectivity index (χ4n) is 3.73. The van der Waals surface area contributed by atoms with Crippen LogP contribution in [0.2, 0.25) is 0 Å². The van der Waals surface area contributed by atoms with Gasteiger partial charge in [0, 0.05) is 11.6 Å². The standard InChI is InChI=1S/C21H19N3O6.C7H8/c1-12(13-7-5-4-6-8-13)24-20(25)17(29-21(24)26)19-23-22-18(30-19)14-9-15(27-2)11-16(10-14)28-3;1-7-5-3-2-4-6-7/h4-12,17H,1-3H3;2-6H,1H3. The monoisotopic (exact) mass is 501 g/mol. The number of cyclic esters (lactones) is 1. The number of hydrogen-bond donors (Lipinski definition) is 0. The Morgan fingerprint density at radius 3 is 2.00 bits per heavy atom. The highest BCUT2D eigenvalue weighted by molar-refractivity contribution is 6.00. The second-order valence-corrected chi connectivity index (χ2v) is 8.26. The molecule has 0 radical (unpaired) electrons. The van der Waals surface area contributed by atoms with Crippen LogP contribution >= 0.6 is 0 Å². The fourth-order valence-corrected chi connectivity index (χ4v) is 3.73. The lowest BCUT2D eigenvalue weighted by atomic mass is 10.1. The van der Waals surface area contributed by atoms with E-state index in [1.54, 1.807) is 25.1 Å². The molecule has 2 amide bonds. The van der Waals surface area contributed by atoms with E-state index in [2.05, 4.69) is 29.3 Å². The van der Waals surface area contributed by atoms with Gasteiger partial charge >= 0.3 is 6.09 Å². The van der Waals surface area contributed by atoms with Gasteiger partial charge in [0.15, 0.2) is 0 Å². The van der Waals surface area contributed by atoms with E-state index < -0.39 is 24.1 Å². The molecular formula is C28H27N3O6. The Labute approximate surface area is 214 Å². The van der Waals surface area contributed by atoms with Gasteiger partial charge in [0.05, 0.1) is 20.3 Å². The van der Waals surface area contributed by atoms with Crippen LogP contribution in [0.3, 0.4) is 0 Å². The Balaban J connectivity index is 0.000000396. The van der Waals surface area contributed by atoms with E-state index in [1.165, 1.54) is 19.8 Å². The maximum absolute atomic E-state index is 12.9. The molecule has 4 aromatic rings. The lowest BCUT2D eigenvalue weighted by molar-refractivity contribution is -0.131. The van der Waals surface area contributed by atoms with Gasteiger partial charge in [-0.15, -0.1) is 10.2 Å². The Hall–Kier alpha value is -4.66. The molecule has 1 fully saturated rings. The van der Waals surface area contributed by atoms with Crippen molar-refractivity contribution in [2.75, 3.05) is 14.2 Å². The molecule has 2 atom stereocenters. The molecule has 0 bridgehead atoms. The first kappa shape index (κ1) is 25.4. The maximum Gasteiger partial charge on any atom is 0.418 e. The summed E-state index contributed by atoms with van der Waals surface area (Å²) >= 11 is 0. The minimum atomic E-state index is -1.29. The van der Waals surface area contributed by atoms with Gasteiger partial charge in [-0.2, -0.15) is 0 Å². The molecule has 1 aromatic heterocycles. The first-order valence-corrected chi connectivity index (χ1v) is 11.6.